The van der Waals surface area contributed by atoms with E-state index >= 15 is 0 Å². The van der Waals surface area contributed by atoms with Crippen LogP contribution in [0.3, 0.4) is 0 Å². The number of hydrogen-bond donors (Lipinski definition) is 1. The summed E-state index contributed by atoms with van der Waals surface area (Å²) in [5.41, 5.74) is -0.346. The first-order chi connectivity index (χ1) is 17.4. The minimum Gasteiger partial charge on any atom is -0.465 e. The number of amides is 2. The van der Waals surface area contributed by atoms with E-state index in [9.17, 15) is 19.5 Å². The quantitative estimate of drug-likeness (QED) is 0.497. The van der Waals surface area contributed by atoms with E-state index in [2.05, 4.69) is 0 Å². The lowest BCUT2D eigenvalue weighted by Gasteiger charge is -2.39. The summed E-state index contributed by atoms with van der Waals surface area (Å²) in [5.74, 6) is -2.94. The predicted molar refractivity (Wildman–Crippen MR) is 131 cm³/mol. The van der Waals surface area contributed by atoms with Crippen LogP contribution in [0.4, 0.5) is 0 Å². The van der Waals surface area contributed by atoms with Crippen LogP contribution in [0.15, 0.2) is 54.6 Å². The number of rotatable bonds is 5. The number of hydrogen-bond acceptors (Lipinski definition) is 6. The smallest absolute Gasteiger partial charge is 0.312 e. The van der Waals surface area contributed by atoms with Crippen molar-refractivity contribution in [2.45, 2.75) is 57.0 Å². The number of allylic oxidation sites excluding steroid dienone is 1. The summed E-state index contributed by atoms with van der Waals surface area (Å²) in [6.45, 7) is 4.53. The lowest BCUT2D eigenvalue weighted by Crippen LogP contribution is -2.59. The number of cyclic esters (lactones) is 1. The van der Waals surface area contributed by atoms with Crippen LogP contribution < -0.4 is 0 Å². The Hall–Kier alpha value is -2.97. The molecule has 1 N–H and O–H groups in total. The molecular formula is C28H34N2O6. The van der Waals surface area contributed by atoms with Crippen LogP contribution in [-0.2, 0) is 30.4 Å². The van der Waals surface area contributed by atoms with Crippen LogP contribution in [0, 0.1) is 17.8 Å². The minimum atomic E-state index is -1.32. The second-order valence-corrected chi connectivity index (χ2v) is 10.4. The summed E-state index contributed by atoms with van der Waals surface area (Å²) in [6.07, 6.45) is 8.26. The third-order valence-electron chi connectivity index (χ3n) is 7.90. The summed E-state index contributed by atoms with van der Waals surface area (Å²) in [5, 5.41) is 10.3. The van der Waals surface area contributed by atoms with Crippen LogP contribution in [0.1, 0.15) is 32.3 Å². The van der Waals surface area contributed by atoms with Crippen molar-refractivity contribution in [1.29, 1.82) is 0 Å². The largest absolute Gasteiger partial charge is 0.465 e. The van der Waals surface area contributed by atoms with E-state index in [0.717, 1.165) is 12.0 Å². The molecule has 192 valence electrons. The number of nitrogens with zero attached hydrogens (tertiary/aromatic N) is 2. The van der Waals surface area contributed by atoms with Crippen molar-refractivity contribution in [3.05, 3.63) is 60.2 Å². The monoisotopic (exact) mass is 494 g/mol. The van der Waals surface area contributed by atoms with Crippen molar-refractivity contribution >= 4 is 17.8 Å². The Kier molecular flexibility index (Phi) is 6.74. The first kappa shape index (κ1) is 24.7. The third kappa shape index (κ3) is 3.96. The molecule has 4 aliphatic rings. The molecule has 0 bridgehead atoms. The third-order valence-corrected chi connectivity index (χ3v) is 7.90. The number of aliphatic hydroxyl groups excluding tert-OH is 1. The highest BCUT2D eigenvalue weighted by molar-refractivity contribution is 5.99. The lowest BCUT2D eigenvalue weighted by molar-refractivity contribution is -0.157. The van der Waals surface area contributed by atoms with Gasteiger partial charge < -0.3 is 24.4 Å². The zero-order chi connectivity index (χ0) is 25.4. The molecule has 6 atom stereocenters. The maximum atomic E-state index is 14.2. The fraction of sp³-hybridized carbons (Fsp3) is 0.536. The predicted octanol–water partition coefficient (Wildman–Crippen LogP) is 2.08. The van der Waals surface area contributed by atoms with Gasteiger partial charge in [0.25, 0.3) is 0 Å². The van der Waals surface area contributed by atoms with E-state index in [0.29, 0.717) is 19.5 Å². The van der Waals surface area contributed by atoms with Crippen molar-refractivity contribution in [2.24, 2.45) is 17.8 Å². The Labute approximate surface area is 211 Å². The molecular weight excluding hydrogens is 460 g/mol. The van der Waals surface area contributed by atoms with E-state index in [4.69, 9.17) is 9.47 Å². The molecule has 36 heavy (non-hydrogen) atoms. The summed E-state index contributed by atoms with van der Waals surface area (Å²) >= 11 is 0. The Bertz CT molecular complexity index is 1070. The summed E-state index contributed by atoms with van der Waals surface area (Å²) < 4.78 is 12.1. The van der Waals surface area contributed by atoms with Crippen molar-refractivity contribution in [3.8, 4) is 0 Å². The van der Waals surface area contributed by atoms with Crippen LogP contribution in [0.5, 0.6) is 0 Å². The molecule has 0 radical (unpaired) electrons. The van der Waals surface area contributed by atoms with Crippen LogP contribution in [-0.4, -0.2) is 76.2 Å². The van der Waals surface area contributed by atoms with Gasteiger partial charge in [-0.2, -0.15) is 0 Å². The van der Waals surface area contributed by atoms with E-state index < -0.39 is 41.6 Å². The Morgan fingerprint density at radius 1 is 1.11 bits per heavy atom. The fourth-order valence-electron chi connectivity index (χ4n) is 6.16. The summed E-state index contributed by atoms with van der Waals surface area (Å²) in [4.78, 5) is 44.9. The fourth-order valence-corrected chi connectivity index (χ4v) is 6.16. The van der Waals surface area contributed by atoms with Crippen LogP contribution in [0.25, 0.3) is 0 Å². The molecule has 1 aromatic carbocycles. The van der Waals surface area contributed by atoms with Gasteiger partial charge in [-0.05, 0) is 24.3 Å². The van der Waals surface area contributed by atoms with Gasteiger partial charge in [-0.15, -0.1) is 0 Å². The number of aliphatic hydroxyl groups is 1. The standard InChI is InChI=1S/C28H34N2O6/c1-18(2)20(17-31)30-24-26(33)29(16-19-10-5-3-6-11-19)14-9-13-28(24)23(25(30)32)22-21(36-28)12-7-4-8-15-35-27(22)34/h3,5-7,9-13,18,20-24,31H,4,8,14-17H2,1-2H3/b12-7-/t20-,21-,22+,23-,24?,28-/m0/s1. The van der Waals surface area contributed by atoms with Crippen molar-refractivity contribution in [3.63, 3.8) is 0 Å². The highest BCUT2D eigenvalue weighted by Gasteiger charge is 2.72. The molecule has 2 saturated heterocycles. The molecule has 0 aliphatic carbocycles. The normalized spacial score (nSPS) is 33.7. The van der Waals surface area contributed by atoms with E-state index in [1.54, 1.807) is 4.90 Å². The molecule has 4 aliphatic heterocycles. The SMILES string of the molecule is CC(C)[C@H](CO)N1C(=O)[C@@H]2[C@@H]3C(=O)OCCC/C=C\[C@@H]3O[C@@]23C=CCN(Cc2ccccc2)C(=O)C13. The molecule has 1 aromatic rings. The molecule has 8 nitrogen and oxygen atoms in total. The second kappa shape index (κ2) is 9.82. The first-order valence-corrected chi connectivity index (χ1v) is 12.8. The van der Waals surface area contributed by atoms with E-state index in [1.807, 2.05) is 68.5 Å². The Balaban J connectivity index is 1.61. The zero-order valence-electron chi connectivity index (χ0n) is 20.8. The maximum absolute atomic E-state index is 14.2. The minimum absolute atomic E-state index is 0.111. The van der Waals surface area contributed by atoms with Crippen molar-refractivity contribution < 1.29 is 29.0 Å². The number of fused-ring (bicyclic) bond motifs is 2. The number of benzene rings is 1. The molecule has 5 rings (SSSR count). The molecule has 0 aromatic heterocycles. The zero-order valence-corrected chi connectivity index (χ0v) is 20.8. The van der Waals surface area contributed by atoms with Crippen LogP contribution in [0.2, 0.25) is 0 Å². The van der Waals surface area contributed by atoms with Gasteiger partial charge in [0.2, 0.25) is 11.8 Å². The first-order valence-electron chi connectivity index (χ1n) is 12.8. The average Bonchev–Trinajstić information content (AvgIpc) is 3.27. The number of ether oxygens (including phenoxy) is 2. The lowest BCUT2D eigenvalue weighted by atomic mass is 9.78. The van der Waals surface area contributed by atoms with Crippen molar-refractivity contribution in [2.75, 3.05) is 19.8 Å². The Morgan fingerprint density at radius 3 is 2.61 bits per heavy atom. The van der Waals surface area contributed by atoms with Gasteiger partial charge in [0.15, 0.2) is 0 Å². The highest BCUT2D eigenvalue weighted by atomic mass is 16.6. The second-order valence-electron chi connectivity index (χ2n) is 10.4. The average molecular weight is 495 g/mol. The van der Waals surface area contributed by atoms with Gasteiger partial charge in [-0.3, -0.25) is 14.4 Å². The number of carbonyl (C=O) groups excluding carboxylic acids is 3. The van der Waals surface area contributed by atoms with Gasteiger partial charge in [-0.25, -0.2) is 0 Å². The highest BCUT2D eigenvalue weighted by Crippen LogP contribution is 2.54. The van der Waals surface area contributed by atoms with Crippen LogP contribution >= 0.6 is 0 Å². The summed E-state index contributed by atoms with van der Waals surface area (Å²) in [6, 6.07) is 8.10. The van der Waals surface area contributed by atoms with Gasteiger partial charge in [0.1, 0.15) is 17.6 Å². The summed E-state index contributed by atoms with van der Waals surface area (Å²) in [7, 11) is 0. The van der Waals surface area contributed by atoms with Crippen molar-refractivity contribution in [1.82, 2.24) is 9.80 Å². The van der Waals surface area contributed by atoms with Gasteiger partial charge in [0, 0.05) is 13.1 Å². The molecule has 2 amide bonds. The van der Waals surface area contributed by atoms with E-state index in [-0.39, 0.29) is 30.9 Å². The van der Waals surface area contributed by atoms with Gasteiger partial charge in [-0.1, -0.05) is 68.5 Å². The van der Waals surface area contributed by atoms with E-state index in [1.165, 1.54) is 4.90 Å². The topological polar surface area (TPSA) is 96.4 Å². The molecule has 2 fully saturated rings. The molecule has 8 heteroatoms. The maximum Gasteiger partial charge on any atom is 0.312 e. The van der Waals surface area contributed by atoms with Gasteiger partial charge in [0.05, 0.1) is 31.3 Å². The Morgan fingerprint density at radius 2 is 1.89 bits per heavy atom. The number of likely N-dealkylation sites (tertiary alicyclic amines) is 1. The molecule has 4 heterocycles. The molecule has 1 spiro atoms. The molecule has 0 saturated carbocycles. The molecule has 1 unspecified atom stereocenters. The number of carbonyl (C=O) groups is 3. The van der Waals surface area contributed by atoms with Gasteiger partial charge >= 0.3 is 5.97 Å². The number of esters is 1.